The highest BCUT2D eigenvalue weighted by atomic mass is 16.6. The topological polar surface area (TPSA) is 47.6 Å². The monoisotopic (exact) mass is 175 g/mol. The minimum atomic E-state index is -0.226. The standard InChI is InChI=1S/C8H17NO3/c1-7(2)6-12-9-5-4-8(10)11-3/h7,9H,4-6H2,1-3H3. The molecule has 0 amide bonds. The lowest BCUT2D eigenvalue weighted by Crippen LogP contribution is -2.21. The number of nitrogens with one attached hydrogen (secondary N) is 1. The zero-order valence-corrected chi connectivity index (χ0v) is 7.92. The molecule has 0 aromatic rings. The maximum Gasteiger partial charge on any atom is 0.306 e. The summed E-state index contributed by atoms with van der Waals surface area (Å²) < 4.78 is 4.44. The highest BCUT2D eigenvalue weighted by Crippen LogP contribution is 1.89. The van der Waals surface area contributed by atoms with Gasteiger partial charge in [0.05, 0.1) is 20.1 Å². The fraction of sp³-hybridized carbons (Fsp3) is 0.875. The quantitative estimate of drug-likeness (QED) is 0.367. The van der Waals surface area contributed by atoms with Gasteiger partial charge in [-0.2, -0.15) is 0 Å². The number of methoxy groups -OCH3 is 1. The average molecular weight is 175 g/mol. The van der Waals surface area contributed by atoms with E-state index >= 15 is 0 Å². The Morgan fingerprint density at radius 2 is 2.17 bits per heavy atom. The number of esters is 1. The van der Waals surface area contributed by atoms with Gasteiger partial charge in [-0.05, 0) is 5.92 Å². The summed E-state index contributed by atoms with van der Waals surface area (Å²) in [6.45, 7) is 5.27. The third-order valence-corrected chi connectivity index (χ3v) is 1.18. The highest BCUT2D eigenvalue weighted by Gasteiger charge is 1.98. The van der Waals surface area contributed by atoms with E-state index in [2.05, 4.69) is 24.1 Å². The molecule has 0 saturated carbocycles. The summed E-state index contributed by atoms with van der Waals surface area (Å²) >= 11 is 0. The number of hydroxylamine groups is 1. The van der Waals surface area contributed by atoms with E-state index in [9.17, 15) is 4.79 Å². The summed E-state index contributed by atoms with van der Waals surface area (Å²) in [5.74, 6) is 0.270. The van der Waals surface area contributed by atoms with Gasteiger partial charge in [-0.3, -0.25) is 4.79 Å². The minimum Gasteiger partial charge on any atom is -0.469 e. The lowest BCUT2D eigenvalue weighted by molar-refractivity contribution is -0.141. The van der Waals surface area contributed by atoms with Crippen LogP contribution >= 0.6 is 0 Å². The van der Waals surface area contributed by atoms with Crippen LogP contribution in [0.5, 0.6) is 0 Å². The molecule has 0 aliphatic carbocycles. The van der Waals surface area contributed by atoms with Crippen molar-refractivity contribution in [3.63, 3.8) is 0 Å². The van der Waals surface area contributed by atoms with Crippen LogP contribution in [0.25, 0.3) is 0 Å². The number of hydrogen-bond donors (Lipinski definition) is 1. The molecule has 0 fully saturated rings. The van der Waals surface area contributed by atoms with Gasteiger partial charge in [0.1, 0.15) is 0 Å². The molecule has 0 rings (SSSR count). The Labute approximate surface area is 73.2 Å². The number of rotatable bonds is 6. The minimum absolute atomic E-state index is 0.226. The summed E-state index contributed by atoms with van der Waals surface area (Å²) in [6.07, 6.45) is 0.342. The summed E-state index contributed by atoms with van der Waals surface area (Å²) in [7, 11) is 1.37. The van der Waals surface area contributed by atoms with E-state index in [1.807, 2.05) is 0 Å². The van der Waals surface area contributed by atoms with Crippen molar-refractivity contribution in [2.24, 2.45) is 5.92 Å². The van der Waals surface area contributed by atoms with E-state index < -0.39 is 0 Å². The molecule has 0 aromatic heterocycles. The molecule has 1 N–H and O–H groups in total. The summed E-state index contributed by atoms with van der Waals surface area (Å²) in [4.78, 5) is 15.6. The second-order valence-corrected chi connectivity index (χ2v) is 2.93. The lowest BCUT2D eigenvalue weighted by Gasteiger charge is -2.06. The first-order valence-electron chi connectivity index (χ1n) is 4.08. The molecular formula is C8H17NO3. The average Bonchev–Trinajstić information content (AvgIpc) is 2.03. The third-order valence-electron chi connectivity index (χ3n) is 1.18. The van der Waals surface area contributed by atoms with Crippen molar-refractivity contribution in [3.8, 4) is 0 Å². The molecule has 0 aliphatic heterocycles. The van der Waals surface area contributed by atoms with Gasteiger partial charge in [-0.1, -0.05) is 13.8 Å². The Kier molecular flexibility index (Phi) is 6.70. The predicted molar refractivity (Wildman–Crippen MR) is 45.4 cm³/mol. The van der Waals surface area contributed by atoms with Crippen LogP contribution in [0.2, 0.25) is 0 Å². The molecular weight excluding hydrogens is 158 g/mol. The second kappa shape index (κ2) is 7.06. The van der Waals surface area contributed by atoms with Gasteiger partial charge >= 0.3 is 5.97 Å². The van der Waals surface area contributed by atoms with Gasteiger partial charge in [0.15, 0.2) is 0 Å². The number of hydrogen-bond acceptors (Lipinski definition) is 4. The van der Waals surface area contributed by atoms with Crippen LogP contribution in [0.15, 0.2) is 0 Å². The molecule has 0 bridgehead atoms. The summed E-state index contributed by atoms with van der Waals surface area (Å²) in [6, 6.07) is 0. The van der Waals surface area contributed by atoms with Crippen molar-refractivity contribution in [2.75, 3.05) is 20.3 Å². The second-order valence-electron chi connectivity index (χ2n) is 2.93. The maximum atomic E-state index is 10.6. The summed E-state index contributed by atoms with van der Waals surface area (Å²) in [5, 5.41) is 0. The van der Waals surface area contributed by atoms with Crippen LogP contribution in [-0.4, -0.2) is 26.2 Å². The van der Waals surface area contributed by atoms with E-state index in [1.54, 1.807) is 0 Å². The molecule has 4 nitrogen and oxygen atoms in total. The van der Waals surface area contributed by atoms with Crippen molar-refractivity contribution in [2.45, 2.75) is 20.3 Å². The lowest BCUT2D eigenvalue weighted by atomic mass is 10.2. The Hall–Kier alpha value is -0.610. The van der Waals surface area contributed by atoms with Crippen LogP contribution in [0.3, 0.4) is 0 Å². The Bertz CT molecular complexity index is 125. The van der Waals surface area contributed by atoms with E-state index in [-0.39, 0.29) is 5.97 Å². The van der Waals surface area contributed by atoms with Gasteiger partial charge < -0.3 is 9.57 Å². The van der Waals surface area contributed by atoms with Gasteiger partial charge in [-0.25, -0.2) is 5.48 Å². The highest BCUT2D eigenvalue weighted by molar-refractivity contribution is 5.69. The zero-order valence-electron chi connectivity index (χ0n) is 7.92. The first-order chi connectivity index (χ1) is 5.66. The number of ether oxygens (including phenoxy) is 1. The zero-order chi connectivity index (χ0) is 9.40. The SMILES string of the molecule is COC(=O)CCNOCC(C)C. The molecule has 72 valence electrons. The van der Waals surface area contributed by atoms with E-state index in [4.69, 9.17) is 4.84 Å². The molecule has 0 aliphatic rings. The van der Waals surface area contributed by atoms with Crippen LogP contribution in [0.1, 0.15) is 20.3 Å². The predicted octanol–water partition coefficient (Wildman–Crippen LogP) is 0.727. The smallest absolute Gasteiger partial charge is 0.306 e. The normalized spacial score (nSPS) is 10.3. The number of carbonyl (C=O) groups excluding carboxylic acids is 1. The van der Waals surface area contributed by atoms with E-state index in [1.165, 1.54) is 7.11 Å². The van der Waals surface area contributed by atoms with Crippen molar-refractivity contribution in [1.29, 1.82) is 0 Å². The van der Waals surface area contributed by atoms with Crippen molar-refractivity contribution >= 4 is 5.97 Å². The molecule has 0 saturated heterocycles. The fourth-order valence-electron chi connectivity index (χ4n) is 0.553. The molecule has 0 unspecified atom stereocenters. The van der Waals surface area contributed by atoms with Gasteiger partial charge in [-0.15, -0.1) is 0 Å². The molecule has 0 heterocycles. The van der Waals surface area contributed by atoms with Crippen molar-refractivity contribution < 1.29 is 14.4 Å². The Balaban J connectivity index is 3.05. The van der Waals surface area contributed by atoms with Crippen molar-refractivity contribution in [1.82, 2.24) is 5.48 Å². The summed E-state index contributed by atoms with van der Waals surface area (Å²) in [5.41, 5.74) is 2.68. The first-order valence-corrected chi connectivity index (χ1v) is 4.08. The van der Waals surface area contributed by atoms with Crippen LogP contribution in [0.4, 0.5) is 0 Å². The van der Waals surface area contributed by atoms with Crippen LogP contribution < -0.4 is 5.48 Å². The third kappa shape index (κ3) is 7.50. The molecule has 4 heteroatoms. The number of carbonyl (C=O) groups is 1. The van der Waals surface area contributed by atoms with Gasteiger partial charge in [0.2, 0.25) is 0 Å². The van der Waals surface area contributed by atoms with Crippen LogP contribution in [-0.2, 0) is 14.4 Å². The molecule has 0 atom stereocenters. The van der Waals surface area contributed by atoms with Crippen LogP contribution in [0, 0.1) is 5.92 Å². The first kappa shape index (κ1) is 11.4. The van der Waals surface area contributed by atoms with E-state index in [0.717, 1.165) is 0 Å². The Morgan fingerprint density at radius 1 is 1.50 bits per heavy atom. The molecule has 0 spiro atoms. The Morgan fingerprint density at radius 3 is 2.67 bits per heavy atom. The molecule has 0 radical (unpaired) electrons. The largest absolute Gasteiger partial charge is 0.469 e. The van der Waals surface area contributed by atoms with Crippen molar-refractivity contribution in [3.05, 3.63) is 0 Å². The van der Waals surface area contributed by atoms with Gasteiger partial charge in [0, 0.05) is 6.54 Å². The van der Waals surface area contributed by atoms with Gasteiger partial charge in [0.25, 0.3) is 0 Å². The fourth-order valence-corrected chi connectivity index (χ4v) is 0.553. The molecule has 12 heavy (non-hydrogen) atoms. The maximum absolute atomic E-state index is 10.6. The van der Waals surface area contributed by atoms with E-state index in [0.29, 0.717) is 25.5 Å². The molecule has 0 aromatic carbocycles.